The lowest BCUT2D eigenvalue weighted by atomic mass is 10.0. The zero-order chi connectivity index (χ0) is 22.5. The maximum absolute atomic E-state index is 12.9. The Bertz CT molecular complexity index is 787. The maximum Gasteiger partial charge on any atom is 0.410 e. The lowest BCUT2D eigenvalue weighted by molar-refractivity contribution is -0.0504. The summed E-state index contributed by atoms with van der Waals surface area (Å²) in [4.78, 5) is 39.3. The van der Waals surface area contributed by atoms with Gasteiger partial charge in [-0.15, -0.1) is 0 Å². The van der Waals surface area contributed by atoms with Gasteiger partial charge in [-0.2, -0.15) is 8.78 Å². The second kappa shape index (κ2) is 10.9. The lowest BCUT2D eigenvalue weighted by Gasteiger charge is -2.37. The Kier molecular flexibility index (Phi) is 9.20. The number of benzene rings is 1. The molecular weight excluding hydrogens is 414 g/mol. The first kappa shape index (κ1) is 26.1. The fourth-order valence-corrected chi connectivity index (χ4v) is 2.98. The molecule has 0 N–H and O–H groups in total. The van der Waals surface area contributed by atoms with Crippen LogP contribution in [0.15, 0.2) is 12.1 Å². The van der Waals surface area contributed by atoms with Crippen LogP contribution in [0.1, 0.15) is 55.8 Å². The van der Waals surface area contributed by atoms with Gasteiger partial charge >= 0.3 is 18.7 Å². The first-order valence-electron chi connectivity index (χ1n) is 9.53. The van der Waals surface area contributed by atoms with E-state index in [0.29, 0.717) is 38.2 Å². The number of amides is 1. The number of esters is 1. The number of piperazine rings is 1. The van der Waals surface area contributed by atoms with E-state index in [0.717, 1.165) is 0 Å². The third kappa shape index (κ3) is 7.08. The van der Waals surface area contributed by atoms with E-state index in [1.54, 1.807) is 37.5 Å². The van der Waals surface area contributed by atoms with Crippen LogP contribution >= 0.6 is 0 Å². The SMILES string of the molecule is C.CCOC(=O)c1c(C=O)cc(N2CCN(C(=O)OC(C)(C)C)CC2)cc1OC(F)F. The van der Waals surface area contributed by atoms with E-state index in [9.17, 15) is 23.2 Å². The Labute approximate surface area is 181 Å². The van der Waals surface area contributed by atoms with Crippen LogP contribution in [0.3, 0.4) is 0 Å². The van der Waals surface area contributed by atoms with Crippen molar-refractivity contribution in [2.75, 3.05) is 37.7 Å². The van der Waals surface area contributed by atoms with Crippen molar-refractivity contribution in [1.29, 1.82) is 0 Å². The second-order valence-electron chi connectivity index (χ2n) is 7.58. The number of hydrogen-bond acceptors (Lipinski definition) is 7. The number of hydrogen-bond donors (Lipinski definition) is 0. The normalized spacial score (nSPS) is 14.0. The molecule has 8 nitrogen and oxygen atoms in total. The highest BCUT2D eigenvalue weighted by atomic mass is 19.3. The summed E-state index contributed by atoms with van der Waals surface area (Å²) in [5.41, 5.74) is -0.651. The minimum Gasteiger partial charge on any atom is -0.462 e. The van der Waals surface area contributed by atoms with Crippen molar-refractivity contribution < 1.29 is 37.4 Å². The van der Waals surface area contributed by atoms with E-state index in [1.165, 1.54) is 12.1 Å². The first-order chi connectivity index (χ1) is 14.1. The Morgan fingerprint density at radius 2 is 1.77 bits per heavy atom. The lowest BCUT2D eigenvalue weighted by Crippen LogP contribution is -2.50. The van der Waals surface area contributed by atoms with Crippen molar-refractivity contribution >= 4 is 24.0 Å². The number of ether oxygens (including phenoxy) is 3. The number of halogens is 2. The summed E-state index contributed by atoms with van der Waals surface area (Å²) >= 11 is 0. The summed E-state index contributed by atoms with van der Waals surface area (Å²) in [6.45, 7) is 5.16. The molecule has 1 fully saturated rings. The average Bonchev–Trinajstić information content (AvgIpc) is 2.65. The van der Waals surface area contributed by atoms with Crippen molar-refractivity contribution in [2.24, 2.45) is 0 Å². The van der Waals surface area contributed by atoms with Crippen molar-refractivity contribution in [3.63, 3.8) is 0 Å². The van der Waals surface area contributed by atoms with Gasteiger partial charge in [-0.1, -0.05) is 7.43 Å². The molecule has 1 amide bonds. The smallest absolute Gasteiger partial charge is 0.410 e. The van der Waals surface area contributed by atoms with Crippen LogP contribution in [0.4, 0.5) is 19.3 Å². The molecule has 174 valence electrons. The van der Waals surface area contributed by atoms with Crippen LogP contribution in [0.5, 0.6) is 5.75 Å². The van der Waals surface area contributed by atoms with Gasteiger partial charge in [-0.3, -0.25) is 4.79 Å². The fourth-order valence-electron chi connectivity index (χ4n) is 2.98. The van der Waals surface area contributed by atoms with Crippen LogP contribution in [-0.2, 0) is 9.47 Å². The largest absolute Gasteiger partial charge is 0.462 e. The first-order valence-corrected chi connectivity index (χ1v) is 9.53. The fraction of sp³-hybridized carbons (Fsp3) is 0.571. The van der Waals surface area contributed by atoms with Crippen LogP contribution in [0.25, 0.3) is 0 Å². The third-order valence-corrected chi connectivity index (χ3v) is 4.24. The van der Waals surface area contributed by atoms with Gasteiger partial charge < -0.3 is 24.0 Å². The molecule has 10 heteroatoms. The Morgan fingerprint density at radius 1 is 1.16 bits per heavy atom. The highest BCUT2D eigenvalue weighted by Gasteiger charge is 2.28. The minimum atomic E-state index is -3.18. The van der Waals surface area contributed by atoms with Gasteiger partial charge in [0.25, 0.3) is 0 Å². The summed E-state index contributed by atoms with van der Waals surface area (Å²) < 4.78 is 40.5. The molecule has 2 rings (SSSR count). The molecular formula is C21H30F2N2O6. The molecule has 31 heavy (non-hydrogen) atoms. The van der Waals surface area contributed by atoms with Gasteiger partial charge in [0.05, 0.1) is 6.61 Å². The average molecular weight is 444 g/mol. The summed E-state index contributed by atoms with van der Waals surface area (Å²) in [6.07, 6.45) is -0.0412. The van der Waals surface area contributed by atoms with Crippen LogP contribution in [-0.4, -0.2) is 68.2 Å². The number of nitrogens with zero attached hydrogens (tertiary/aromatic N) is 2. The van der Waals surface area contributed by atoms with Crippen LogP contribution in [0, 0.1) is 0 Å². The van der Waals surface area contributed by atoms with Crippen molar-refractivity contribution in [2.45, 2.75) is 47.3 Å². The quantitative estimate of drug-likeness (QED) is 0.485. The number of alkyl halides is 2. The topological polar surface area (TPSA) is 85.4 Å². The van der Waals surface area contributed by atoms with Crippen LogP contribution in [0.2, 0.25) is 0 Å². The Morgan fingerprint density at radius 3 is 2.26 bits per heavy atom. The summed E-state index contributed by atoms with van der Waals surface area (Å²) in [7, 11) is 0. The molecule has 0 spiro atoms. The molecule has 0 aliphatic carbocycles. The van der Waals surface area contributed by atoms with Gasteiger partial charge in [0.1, 0.15) is 16.9 Å². The van der Waals surface area contributed by atoms with Crippen molar-refractivity contribution in [3.05, 3.63) is 23.3 Å². The maximum atomic E-state index is 12.9. The Hall–Kier alpha value is -2.91. The van der Waals surface area contributed by atoms with E-state index in [-0.39, 0.29) is 25.2 Å². The van der Waals surface area contributed by atoms with Crippen molar-refractivity contribution in [3.8, 4) is 5.75 Å². The van der Waals surface area contributed by atoms with E-state index in [1.807, 2.05) is 0 Å². The molecule has 0 radical (unpaired) electrons. The van der Waals surface area contributed by atoms with Crippen molar-refractivity contribution in [1.82, 2.24) is 4.90 Å². The monoisotopic (exact) mass is 444 g/mol. The number of anilines is 1. The number of carbonyl (C=O) groups is 3. The van der Waals surface area contributed by atoms with Gasteiger partial charge in [-0.25, -0.2) is 9.59 Å². The minimum absolute atomic E-state index is 0. The van der Waals surface area contributed by atoms with E-state index >= 15 is 0 Å². The number of aldehydes is 1. The molecule has 1 aromatic rings. The third-order valence-electron chi connectivity index (χ3n) is 4.24. The molecule has 1 saturated heterocycles. The number of rotatable bonds is 6. The molecule has 1 aliphatic heterocycles. The summed E-state index contributed by atoms with van der Waals surface area (Å²) in [6, 6.07) is 2.69. The molecule has 1 aliphatic rings. The molecule has 0 bridgehead atoms. The van der Waals surface area contributed by atoms with E-state index in [2.05, 4.69) is 4.74 Å². The summed E-state index contributed by atoms with van der Waals surface area (Å²) in [5, 5.41) is 0. The van der Waals surface area contributed by atoms with Gasteiger partial charge in [0, 0.05) is 43.5 Å². The molecule has 0 atom stereocenters. The predicted octanol–water partition coefficient (Wildman–Crippen LogP) is 3.97. The highest BCUT2D eigenvalue weighted by molar-refractivity contribution is 6.02. The predicted molar refractivity (Wildman–Crippen MR) is 111 cm³/mol. The summed E-state index contributed by atoms with van der Waals surface area (Å²) in [5.74, 6) is -1.35. The Balaban J connectivity index is 0.00000480. The molecule has 0 saturated carbocycles. The van der Waals surface area contributed by atoms with Gasteiger partial charge in [0.15, 0.2) is 6.29 Å². The van der Waals surface area contributed by atoms with Crippen LogP contribution < -0.4 is 9.64 Å². The van der Waals surface area contributed by atoms with E-state index in [4.69, 9.17) is 9.47 Å². The molecule has 0 unspecified atom stereocenters. The zero-order valence-corrected chi connectivity index (χ0v) is 17.4. The van der Waals surface area contributed by atoms with E-state index < -0.39 is 30.0 Å². The van der Waals surface area contributed by atoms with Gasteiger partial charge in [0.2, 0.25) is 0 Å². The molecule has 1 aromatic carbocycles. The molecule has 1 heterocycles. The molecule has 0 aromatic heterocycles. The second-order valence-corrected chi connectivity index (χ2v) is 7.58. The highest BCUT2D eigenvalue weighted by Crippen LogP contribution is 2.31. The zero-order valence-electron chi connectivity index (χ0n) is 17.4. The standard InChI is InChI=1S/C20H26F2N2O6.CH4/c1-5-28-17(26)16-13(12-25)10-14(11-15(16)29-18(21)22)23-6-8-24(9-7-23)19(27)30-20(2,3)4;/h10-12,18H,5-9H2,1-4H3;1H4. The van der Waals surface area contributed by atoms with Gasteiger partial charge in [-0.05, 0) is 33.8 Å². The number of carbonyl (C=O) groups excluding carboxylic acids is 3.